The first kappa shape index (κ1) is 14.2. The van der Waals surface area contributed by atoms with Crippen molar-refractivity contribution in [1.82, 2.24) is 10.3 Å². The fraction of sp³-hybridized carbons (Fsp3) is 0.500. The minimum Gasteiger partial charge on any atom is -0.391 e. The van der Waals surface area contributed by atoms with Gasteiger partial charge in [-0.25, -0.2) is 0 Å². The molecule has 1 aliphatic rings. The molecule has 8 heteroatoms. The quantitative estimate of drug-likeness (QED) is 0.543. The van der Waals surface area contributed by atoms with Gasteiger partial charge in [-0.1, -0.05) is 12.8 Å². The molecule has 0 aliphatic heterocycles. The largest absolute Gasteiger partial charge is 0.391 e. The summed E-state index contributed by atoms with van der Waals surface area (Å²) in [5, 5.41) is 23.0. The van der Waals surface area contributed by atoms with Crippen LogP contribution >= 0.6 is 0 Å². The van der Waals surface area contributed by atoms with Crippen molar-refractivity contribution in [2.24, 2.45) is 0 Å². The van der Waals surface area contributed by atoms with Crippen LogP contribution in [0.2, 0.25) is 0 Å². The molecule has 0 saturated heterocycles. The molecule has 0 aromatic carbocycles. The first-order chi connectivity index (χ1) is 9.49. The second-order valence-corrected chi connectivity index (χ2v) is 4.79. The van der Waals surface area contributed by atoms with Crippen molar-refractivity contribution in [2.45, 2.75) is 37.8 Å². The Hall–Kier alpha value is -2.22. The van der Waals surface area contributed by atoms with E-state index in [2.05, 4.69) is 10.3 Å². The highest BCUT2D eigenvalue weighted by Gasteiger charge is 2.26. The monoisotopic (exact) mass is 281 g/mol. The smallest absolute Gasteiger partial charge is 0.286 e. The minimum atomic E-state index is -0.708. The van der Waals surface area contributed by atoms with Gasteiger partial charge in [0.25, 0.3) is 17.2 Å². The molecule has 2 atom stereocenters. The zero-order valence-electron chi connectivity index (χ0n) is 10.7. The fourth-order valence-corrected chi connectivity index (χ4v) is 2.27. The van der Waals surface area contributed by atoms with Crippen LogP contribution in [-0.2, 0) is 0 Å². The normalized spacial score (nSPS) is 22.2. The Morgan fingerprint density at radius 1 is 1.45 bits per heavy atom. The van der Waals surface area contributed by atoms with Gasteiger partial charge >= 0.3 is 0 Å². The lowest BCUT2D eigenvalue weighted by molar-refractivity contribution is -0.385. The summed E-state index contributed by atoms with van der Waals surface area (Å²) < 4.78 is 0. The summed E-state index contributed by atoms with van der Waals surface area (Å²) in [6, 6.07) is 0.513. The molecule has 20 heavy (non-hydrogen) atoms. The molecule has 0 unspecified atom stereocenters. The lowest BCUT2D eigenvalue weighted by atomic mass is 9.92. The third-order valence-corrected chi connectivity index (χ3v) is 3.39. The standard InChI is InChI=1S/C12H15N3O5/c16-10-4-2-1-3-9(10)14-12(18)8-5-7(15(19)20)6-13-11(8)17/h5-6,9-10,16H,1-4H2,(H,13,17)(H,14,18)/t9-,10-/m0/s1. The fourth-order valence-electron chi connectivity index (χ4n) is 2.27. The molecule has 1 aliphatic carbocycles. The molecular formula is C12H15N3O5. The average molecular weight is 281 g/mol. The van der Waals surface area contributed by atoms with Crippen LogP contribution in [0.25, 0.3) is 0 Å². The second kappa shape index (κ2) is 5.83. The van der Waals surface area contributed by atoms with Gasteiger partial charge in [0.05, 0.1) is 23.3 Å². The molecule has 3 N–H and O–H groups in total. The first-order valence-corrected chi connectivity index (χ1v) is 6.35. The molecule has 0 bridgehead atoms. The number of aromatic amines is 1. The number of rotatable bonds is 3. The Balaban J connectivity index is 2.18. The van der Waals surface area contributed by atoms with Gasteiger partial charge in [-0.15, -0.1) is 0 Å². The maximum absolute atomic E-state index is 12.0. The van der Waals surface area contributed by atoms with E-state index in [0.29, 0.717) is 12.8 Å². The topological polar surface area (TPSA) is 125 Å². The molecule has 8 nitrogen and oxygen atoms in total. The summed E-state index contributed by atoms with van der Waals surface area (Å²) in [6.07, 6.45) is 3.29. The molecule has 1 fully saturated rings. The summed E-state index contributed by atoms with van der Waals surface area (Å²) >= 11 is 0. The Morgan fingerprint density at radius 3 is 2.80 bits per heavy atom. The zero-order valence-corrected chi connectivity index (χ0v) is 10.7. The van der Waals surface area contributed by atoms with Crippen molar-refractivity contribution >= 4 is 11.6 Å². The van der Waals surface area contributed by atoms with E-state index in [9.17, 15) is 24.8 Å². The van der Waals surface area contributed by atoms with E-state index in [1.165, 1.54) is 0 Å². The van der Waals surface area contributed by atoms with E-state index in [1.54, 1.807) is 0 Å². The van der Waals surface area contributed by atoms with E-state index in [4.69, 9.17) is 0 Å². The van der Waals surface area contributed by atoms with E-state index in [-0.39, 0.29) is 11.3 Å². The SMILES string of the molecule is O=C(N[C@H]1CCCC[C@@H]1O)c1cc([N+](=O)[O-])c[nH]c1=O. The van der Waals surface area contributed by atoms with Crippen LogP contribution in [0.4, 0.5) is 5.69 Å². The Kier molecular flexibility index (Phi) is 4.14. The maximum Gasteiger partial charge on any atom is 0.286 e. The van der Waals surface area contributed by atoms with Gasteiger partial charge in [-0.2, -0.15) is 0 Å². The lowest BCUT2D eigenvalue weighted by Gasteiger charge is -2.28. The van der Waals surface area contributed by atoms with Gasteiger partial charge in [0, 0.05) is 6.07 Å². The molecule has 1 aromatic rings. The third-order valence-electron chi connectivity index (χ3n) is 3.39. The van der Waals surface area contributed by atoms with E-state index in [1.807, 2.05) is 0 Å². The first-order valence-electron chi connectivity index (χ1n) is 6.35. The lowest BCUT2D eigenvalue weighted by Crippen LogP contribution is -2.46. The van der Waals surface area contributed by atoms with Crippen molar-refractivity contribution in [3.63, 3.8) is 0 Å². The molecular weight excluding hydrogens is 266 g/mol. The average Bonchev–Trinajstić information content (AvgIpc) is 2.41. The van der Waals surface area contributed by atoms with Crippen LogP contribution < -0.4 is 10.9 Å². The van der Waals surface area contributed by atoms with Gasteiger partial charge in [-0.05, 0) is 12.8 Å². The van der Waals surface area contributed by atoms with Crippen LogP contribution in [0.5, 0.6) is 0 Å². The molecule has 1 saturated carbocycles. The molecule has 2 rings (SSSR count). The van der Waals surface area contributed by atoms with Crippen LogP contribution in [-0.4, -0.2) is 33.1 Å². The number of carbonyl (C=O) groups excluding carboxylic acids is 1. The molecule has 1 amide bonds. The molecule has 1 aromatic heterocycles. The molecule has 0 spiro atoms. The predicted octanol–water partition coefficient (Wildman–Crippen LogP) is 0.316. The van der Waals surface area contributed by atoms with Gasteiger partial charge < -0.3 is 15.4 Å². The number of hydrogen-bond acceptors (Lipinski definition) is 5. The van der Waals surface area contributed by atoms with E-state index >= 15 is 0 Å². The number of nitrogens with one attached hydrogen (secondary N) is 2. The molecule has 0 radical (unpaired) electrons. The maximum atomic E-state index is 12.0. The highest BCUT2D eigenvalue weighted by Crippen LogP contribution is 2.18. The Morgan fingerprint density at radius 2 is 2.15 bits per heavy atom. The zero-order chi connectivity index (χ0) is 14.7. The highest BCUT2D eigenvalue weighted by atomic mass is 16.6. The van der Waals surface area contributed by atoms with Crippen molar-refractivity contribution in [1.29, 1.82) is 0 Å². The van der Waals surface area contributed by atoms with Gasteiger partial charge in [0.15, 0.2) is 0 Å². The predicted molar refractivity (Wildman–Crippen MR) is 69.4 cm³/mol. The summed E-state index contributed by atoms with van der Waals surface area (Å²) in [6.45, 7) is 0. The number of amides is 1. The summed E-state index contributed by atoms with van der Waals surface area (Å²) in [7, 11) is 0. The van der Waals surface area contributed by atoms with Gasteiger partial charge in [0.2, 0.25) is 0 Å². The number of aromatic nitrogens is 1. The third kappa shape index (κ3) is 3.02. The molecule has 108 valence electrons. The number of nitrogens with zero attached hydrogens (tertiary/aromatic N) is 1. The number of aliphatic hydroxyl groups is 1. The number of carbonyl (C=O) groups is 1. The van der Waals surface area contributed by atoms with Crippen molar-refractivity contribution in [2.75, 3.05) is 0 Å². The number of H-pyrrole nitrogens is 1. The Labute approximate surface area is 114 Å². The van der Waals surface area contributed by atoms with Gasteiger partial charge in [0.1, 0.15) is 5.56 Å². The second-order valence-electron chi connectivity index (χ2n) is 4.79. The van der Waals surface area contributed by atoms with Crippen LogP contribution in [0.3, 0.4) is 0 Å². The summed E-state index contributed by atoms with van der Waals surface area (Å²) in [5.74, 6) is -0.708. The molecule has 1 heterocycles. The van der Waals surface area contributed by atoms with Crippen LogP contribution in [0, 0.1) is 10.1 Å². The number of pyridine rings is 1. The van der Waals surface area contributed by atoms with Crippen LogP contribution in [0.1, 0.15) is 36.0 Å². The number of hydrogen-bond donors (Lipinski definition) is 3. The van der Waals surface area contributed by atoms with Crippen molar-refractivity contribution in [3.8, 4) is 0 Å². The Bertz CT molecular complexity index is 583. The number of nitro groups is 1. The van der Waals surface area contributed by atoms with E-state index in [0.717, 1.165) is 25.1 Å². The van der Waals surface area contributed by atoms with Crippen molar-refractivity contribution in [3.05, 3.63) is 38.3 Å². The highest BCUT2D eigenvalue weighted by molar-refractivity contribution is 5.94. The summed E-state index contributed by atoms with van der Waals surface area (Å²) in [5.41, 5.74) is -1.38. The van der Waals surface area contributed by atoms with E-state index < -0.39 is 28.5 Å². The minimum absolute atomic E-state index is 0.322. The van der Waals surface area contributed by atoms with Crippen molar-refractivity contribution < 1.29 is 14.8 Å². The number of aliphatic hydroxyl groups excluding tert-OH is 1. The van der Waals surface area contributed by atoms with Crippen LogP contribution in [0.15, 0.2) is 17.1 Å². The van der Waals surface area contributed by atoms with Gasteiger partial charge in [-0.3, -0.25) is 19.7 Å². The summed E-state index contributed by atoms with van der Waals surface area (Å²) in [4.78, 5) is 35.7.